The van der Waals surface area contributed by atoms with Crippen LogP contribution in [0.3, 0.4) is 0 Å². The minimum Gasteiger partial charge on any atom is -0.385 e. The Morgan fingerprint density at radius 3 is 2.81 bits per heavy atom. The number of nitrogens with one attached hydrogen (secondary N) is 1. The SMILES string of the molecule is CCCS(=O)(=O)NCC(O)c1ccccn1. The molecule has 1 aromatic heterocycles. The van der Waals surface area contributed by atoms with Crippen molar-refractivity contribution < 1.29 is 13.5 Å². The van der Waals surface area contributed by atoms with Crippen LogP contribution in [0.25, 0.3) is 0 Å². The standard InChI is InChI=1S/C10H16N2O3S/c1-2-7-16(14,15)12-8-10(13)9-5-3-4-6-11-9/h3-6,10,12-13H,2,7-8H2,1H3. The van der Waals surface area contributed by atoms with E-state index in [1.807, 2.05) is 0 Å². The van der Waals surface area contributed by atoms with Crippen LogP contribution < -0.4 is 4.72 Å². The summed E-state index contributed by atoms with van der Waals surface area (Å²) in [6.07, 6.45) is 1.20. The summed E-state index contributed by atoms with van der Waals surface area (Å²) in [5.41, 5.74) is 0.460. The van der Waals surface area contributed by atoms with Crippen LogP contribution >= 0.6 is 0 Å². The Morgan fingerprint density at radius 2 is 2.25 bits per heavy atom. The van der Waals surface area contributed by atoms with E-state index in [9.17, 15) is 13.5 Å². The van der Waals surface area contributed by atoms with Gasteiger partial charge in [-0.05, 0) is 18.6 Å². The highest BCUT2D eigenvalue weighted by atomic mass is 32.2. The van der Waals surface area contributed by atoms with Crippen LogP contribution in [0, 0.1) is 0 Å². The average Bonchev–Trinajstić information content (AvgIpc) is 2.27. The van der Waals surface area contributed by atoms with Gasteiger partial charge in [-0.3, -0.25) is 4.98 Å². The molecule has 0 aromatic carbocycles. The Balaban J connectivity index is 2.51. The Hall–Kier alpha value is -0.980. The molecule has 0 aliphatic rings. The lowest BCUT2D eigenvalue weighted by atomic mass is 10.2. The van der Waals surface area contributed by atoms with Gasteiger partial charge in [0.15, 0.2) is 0 Å². The number of hydrogen-bond acceptors (Lipinski definition) is 4. The topological polar surface area (TPSA) is 79.3 Å². The number of rotatable bonds is 6. The quantitative estimate of drug-likeness (QED) is 0.761. The highest BCUT2D eigenvalue weighted by Crippen LogP contribution is 2.07. The Labute approximate surface area is 95.6 Å². The third-order valence-electron chi connectivity index (χ3n) is 2.00. The van der Waals surface area contributed by atoms with Gasteiger partial charge in [0.1, 0.15) is 6.10 Å². The number of aliphatic hydroxyl groups is 1. The summed E-state index contributed by atoms with van der Waals surface area (Å²) in [5, 5.41) is 9.66. The van der Waals surface area contributed by atoms with Gasteiger partial charge in [-0.2, -0.15) is 0 Å². The van der Waals surface area contributed by atoms with Crippen molar-refractivity contribution in [3.8, 4) is 0 Å². The molecule has 0 fully saturated rings. The van der Waals surface area contributed by atoms with E-state index in [-0.39, 0.29) is 12.3 Å². The number of hydrogen-bond donors (Lipinski definition) is 2. The molecule has 0 radical (unpaired) electrons. The first-order chi connectivity index (χ1) is 7.55. The van der Waals surface area contributed by atoms with Gasteiger partial charge in [0.2, 0.25) is 10.0 Å². The fourth-order valence-corrected chi connectivity index (χ4v) is 2.32. The molecule has 1 unspecified atom stereocenters. The van der Waals surface area contributed by atoms with Crippen molar-refractivity contribution in [3.05, 3.63) is 30.1 Å². The first-order valence-corrected chi connectivity index (χ1v) is 6.76. The molecule has 16 heavy (non-hydrogen) atoms. The van der Waals surface area contributed by atoms with E-state index >= 15 is 0 Å². The van der Waals surface area contributed by atoms with Crippen LogP contribution in [0.4, 0.5) is 0 Å². The van der Waals surface area contributed by atoms with Gasteiger partial charge in [0.25, 0.3) is 0 Å². The lowest BCUT2D eigenvalue weighted by Gasteiger charge is -2.11. The van der Waals surface area contributed by atoms with Gasteiger partial charge in [-0.25, -0.2) is 13.1 Å². The van der Waals surface area contributed by atoms with Crippen molar-refractivity contribution in [1.29, 1.82) is 0 Å². The molecule has 0 amide bonds. The van der Waals surface area contributed by atoms with E-state index in [2.05, 4.69) is 9.71 Å². The monoisotopic (exact) mass is 244 g/mol. The van der Waals surface area contributed by atoms with E-state index in [0.717, 1.165) is 0 Å². The molecule has 1 heterocycles. The van der Waals surface area contributed by atoms with Crippen LogP contribution in [-0.2, 0) is 10.0 Å². The second-order valence-electron chi connectivity index (χ2n) is 3.44. The molecule has 0 aliphatic carbocycles. The summed E-state index contributed by atoms with van der Waals surface area (Å²) in [4.78, 5) is 3.94. The second kappa shape index (κ2) is 5.93. The molecule has 0 spiro atoms. The second-order valence-corrected chi connectivity index (χ2v) is 5.36. The summed E-state index contributed by atoms with van der Waals surface area (Å²) < 4.78 is 25.0. The maximum Gasteiger partial charge on any atom is 0.211 e. The molecular formula is C10H16N2O3S. The smallest absolute Gasteiger partial charge is 0.211 e. The average molecular weight is 244 g/mol. The zero-order valence-corrected chi connectivity index (χ0v) is 9.94. The first-order valence-electron chi connectivity index (χ1n) is 5.11. The molecule has 5 nitrogen and oxygen atoms in total. The van der Waals surface area contributed by atoms with Crippen LogP contribution in [0.15, 0.2) is 24.4 Å². The van der Waals surface area contributed by atoms with Crippen molar-refractivity contribution in [1.82, 2.24) is 9.71 Å². The van der Waals surface area contributed by atoms with E-state index in [0.29, 0.717) is 12.1 Å². The third kappa shape index (κ3) is 4.26. The predicted octanol–water partition coefficient (Wildman–Crippen LogP) is 0.444. The first kappa shape index (κ1) is 13.1. The predicted molar refractivity (Wildman–Crippen MR) is 61.3 cm³/mol. The molecule has 1 aromatic rings. The third-order valence-corrected chi connectivity index (χ3v) is 3.55. The molecule has 1 rings (SSSR count). The summed E-state index contributed by atoms with van der Waals surface area (Å²) in [6.45, 7) is 1.74. The fourth-order valence-electron chi connectivity index (χ4n) is 1.22. The van der Waals surface area contributed by atoms with E-state index < -0.39 is 16.1 Å². The van der Waals surface area contributed by atoms with Gasteiger partial charge in [-0.1, -0.05) is 13.0 Å². The van der Waals surface area contributed by atoms with E-state index in [4.69, 9.17) is 0 Å². The molecule has 0 saturated heterocycles. The summed E-state index contributed by atoms with van der Waals surface area (Å²) in [7, 11) is -3.27. The Morgan fingerprint density at radius 1 is 1.50 bits per heavy atom. The lowest BCUT2D eigenvalue weighted by Crippen LogP contribution is -2.30. The Bertz CT molecular complexity index is 405. The maximum absolute atomic E-state index is 11.3. The normalized spacial score (nSPS) is 13.6. The van der Waals surface area contributed by atoms with Gasteiger partial charge in [-0.15, -0.1) is 0 Å². The molecule has 0 bridgehead atoms. The van der Waals surface area contributed by atoms with Crippen LogP contribution in [0.2, 0.25) is 0 Å². The summed E-state index contributed by atoms with van der Waals surface area (Å²) >= 11 is 0. The molecule has 1 atom stereocenters. The molecule has 2 N–H and O–H groups in total. The van der Waals surface area contributed by atoms with Crippen LogP contribution in [-0.4, -0.2) is 30.8 Å². The van der Waals surface area contributed by atoms with Gasteiger partial charge < -0.3 is 5.11 Å². The summed E-state index contributed by atoms with van der Waals surface area (Å²) in [6, 6.07) is 5.13. The van der Waals surface area contributed by atoms with Crippen LogP contribution in [0.5, 0.6) is 0 Å². The number of pyridine rings is 1. The molecule has 0 aliphatic heterocycles. The number of sulfonamides is 1. The zero-order valence-electron chi connectivity index (χ0n) is 9.13. The zero-order chi connectivity index (χ0) is 12.0. The maximum atomic E-state index is 11.3. The van der Waals surface area contributed by atoms with Crippen LogP contribution in [0.1, 0.15) is 25.1 Å². The van der Waals surface area contributed by atoms with Crippen molar-refractivity contribution >= 4 is 10.0 Å². The number of aromatic nitrogens is 1. The Kier molecular flexibility index (Phi) is 4.85. The lowest BCUT2D eigenvalue weighted by molar-refractivity contribution is 0.177. The van der Waals surface area contributed by atoms with Crippen molar-refractivity contribution in [2.45, 2.75) is 19.4 Å². The van der Waals surface area contributed by atoms with E-state index in [1.165, 1.54) is 0 Å². The van der Waals surface area contributed by atoms with Crippen molar-refractivity contribution in [2.24, 2.45) is 0 Å². The molecular weight excluding hydrogens is 228 g/mol. The minimum absolute atomic E-state index is 0.0423. The van der Waals surface area contributed by atoms with Crippen molar-refractivity contribution in [3.63, 3.8) is 0 Å². The van der Waals surface area contributed by atoms with Gasteiger partial charge in [0, 0.05) is 12.7 Å². The highest BCUT2D eigenvalue weighted by molar-refractivity contribution is 7.89. The van der Waals surface area contributed by atoms with E-state index in [1.54, 1.807) is 31.3 Å². The largest absolute Gasteiger partial charge is 0.385 e. The number of aliphatic hydroxyl groups excluding tert-OH is 1. The van der Waals surface area contributed by atoms with Gasteiger partial charge >= 0.3 is 0 Å². The summed E-state index contributed by atoms with van der Waals surface area (Å²) in [5.74, 6) is 0.0714. The minimum atomic E-state index is -3.27. The fraction of sp³-hybridized carbons (Fsp3) is 0.500. The number of nitrogens with zero attached hydrogens (tertiary/aromatic N) is 1. The molecule has 0 saturated carbocycles. The molecule has 6 heteroatoms. The van der Waals surface area contributed by atoms with Gasteiger partial charge in [0.05, 0.1) is 11.4 Å². The highest BCUT2D eigenvalue weighted by Gasteiger charge is 2.13. The van der Waals surface area contributed by atoms with Crippen molar-refractivity contribution in [2.75, 3.05) is 12.3 Å². The molecule has 90 valence electrons.